The van der Waals surface area contributed by atoms with Crippen LogP contribution in [-0.4, -0.2) is 32.2 Å². The standard InChI is InChI=1S/C18H10N4O8S4/c1-31-17-18(32-2)34-16(33-17)13-9-3-7(19(23)24)5-11(21(27)28)14(9)15-10(13)4-8(20(25)26)6-12(15)22(29)30/h3-6H,1-2H3. The molecule has 0 radical (unpaired) electrons. The number of nitro groups is 4. The van der Waals surface area contributed by atoms with Crippen molar-refractivity contribution >= 4 is 75.4 Å². The molecule has 1 aliphatic carbocycles. The van der Waals surface area contributed by atoms with Gasteiger partial charge in [-0.15, -0.1) is 23.5 Å². The fourth-order valence-corrected chi connectivity index (χ4v) is 8.76. The summed E-state index contributed by atoms with van der Waals surface area (Å²) < 4.78 is 2.39. The minimum Gasteiger partial charge on any atom is -0.258 e. The number of benzene rings is 2. The Balaban J connectivity index is 2.18. The van der Waals surface area contributed by atoms with Gasteiger partial charge in [-0.2, -0.15) is 0 Å². The van der Waals surface area contributed by atoms with Gasteiger partial charge in [0, 0.05) is 28.8 Å². The number of nitrogens with zero attached hydrogens (tertiary/aromatic N) is 4. The van der Waals surface area contributed by atoms with E-state index in [4.69, 9.17) is 0 Å². The highest BCUT2D eigenvalue weighted by Gasteiger charge is 2.42. The Bertz CT molecular complexity index is 1300. The molecule has 0 aromatic heterocycles. The normalized spacial score (nSPS) is 14.3. The summed E-state index contributed by atoms with van der Waals surface area (Å²) in [6, 6.07) is 3.73. The van der Waals surface area contributed by atoms with Crippen molar-refractivity contribution < 1.29 is 19.7 Å². The summed E-state index contributed by atoms with van der Waals surface area (Å²) in [6.45, 7) is 0. The van der Waals surface area contributed by atoms with Crippen molar-refractivity contribution in [1.29, 1.82) is 0 Å². The molecular weight excluding hydrogens is 528 g/mol. The summed E-state index contributed by atoms with van der Waals surface area (Å²) in [5.74, 6) is 0. The van der Waals surface area contributed by atoms with Crippen LogP contribution in [0.1, 0.15) is 11.1 Å². The van der Waals surface area contributed by atoms with E-state index in [0.717, 1.165) is 32.7 Å². The number of hydrogen-bond donors (Lipinski definition) is 0. The molecule has 1 aliphatic heterocycles. The van der Waals surface area contributed by atoms with Crippen LogP contribution < -0.4 is 0 Å². The molecule has 34 heavy (non-hydrogen) atoms. The van der Waals surface area contributed by atoms with Gasteiger partial charge in [-0.05, 0) is 12.5 Å². The van der Waals surface area contributed by atoms with Crippen molar-refractivity contribution in [3.63, 3.8) is 0 Å². The third-order valence-corrected chi connectivity index (χ3v) is 10.1. The second-order valence-electron chi connectivity index (χ2n) is 6.65. The van der Waals surface area contributed by atoms with E-state index < -0.39 is 42.4 Å². The van der Waals surface area contributed by atoms with Gasteiger partial charge in [0.1, 0.15) is 0 Å². The van der Waals surface area contributed by atoms with Crippen molar-refractivity contribution in [2.45, 2.75) is 0 Å². The van der Waals surface area contributed by atoms with Gasteiger partial charge in [0.25, 0.3) is 22.7 Å². The van der Waals surface area contributed by atoms with Gasteiger partial charge >= 0.3 is 0 Å². The number of non-ortho nitro benzene ring substituents is 2. The number of nitro benzene ring substituents is 4. The molecule has 0 saturated carbocycles. The molecule has 0 atom stereocenters. The van der Waals surface area contributed by atoms with Gasteiger partial charge in [-0.25, -0.2) is 0 Å². The second kappa shape index (κ2) is 8.94. The Hall–Kier alpha value is -3.08. The maximum atomic E-state index is 11.9. The fraction of sp³-hybridized carbons (Fsp3) is 0.111. The maximum Gasteiger partial charge on any atom is 0.284 e. The largest absolute Gasteiger partial charge is 0.284 e. The molecule has 4 rings (SSSR count). The van der Waals surface area contributed by atoms with E-state index in [2.05, 4.69) is 0 Å². The van der Waals surface area contributed by atoms with Crippen LogP contribution in [0, 0.1) is 40.5 Å². The van der Waals surface area contributed by atoms with E-state index >= 15 is 0 Å². The molecule has 0 bridgehead atoms. The summed E-state index contributed by atoms with van der Waals surface area (Å²) in [5, 5.41) is 46.9. The molecule has 0 spiro atoms. The van der Waals surface area contributed by atoms with E-state index in [-0.39, 0.29) is 27.8 Å². The molecule has 2 aromatic rings. The Morgan fingerprint density at radius 2 is 1.03 bits per heavy atom. The van der Waals surface area contributed by atoms with Crippen LogP contribution in [0.3, 0.4) is 0 Å². The molecule has 0 N–H and O–H groups in total. The lowest BCUT2D eigenvalue weighted by Gasteiger charge is -2.07. The van der Waals surface area contributed by atoms with Crippen LogP contribution in [0.5, 0.6) is 0 Å². The number of hydrogen-bond acceptors (Lipinski definition) is 12. The van der Waals surface area contributed by atoms with Crippen LogP contribution in [0.15, 0.2) is 37.0 Å². The van der Waals surface area contributed by atoms with Gasteiger partial charge in [0.05, 0.1) is 55.7 Å². The Morgan fingerprint density at radius 1 is 0.647 bits per heavy atom. The third kappa shape index (κ3) is 3.81. The van der Waals surface area contributed by atoms with Crippen LogP contribution in [0.25, 0.3) is 16.7 Å². The van der Waals surface area contributed by atoms with Crippen molar-refractivity contribution in [3.8, 4) is 11.1 Å². The van der Waals surface area contributed by atoms with E-state index in [0.29, 0.717) is 4.24 Å². The average molecular weight is 539 g/mol. The fourth-order valence-electron chi connectivity index (χ4n) is 3.63. The van der Waals surface area contributed by atoms with E-state index in [9.17, 15) is 40.5 Å². The predicted octanol–water partition coefficient (Wildman–Crippen LogP) is 6.35. The lowest BCUT2D eigenvalue weighted by atomic mass is 10.0. The zero-order valence-electron chi connectivity index (χ0n) is 17.0. The van der Waals surface area contributed by atoms with Crippen molar-refractivity contribution in [2.24, 2.45) is 0 Å². The summed E-state index contributed by atoms with van der Waals surface area (Å²) in [5.41, 5.74) is -2.47. The first-order chi connectivity index (χ1) is 16.1. The molecule has 0 unspecified atom stereocenters. The third-order valence-electron chi connectivity index (χ3n) is 4.92. The second-order valence-corrected chi connectivity index (χ2v) is 11.1. The van der Waals surface area contributed by atoms with Gasteiger partial charge in [-0.3, -0.25) is 40.5 Å². The molecule has 12 nitrogen and oxygen atoms in total. The van der Waals surface area contributed by atoms with E-state index in [1.807, 2.05) is 12.5 Å². The summed E-state index contributed by atoms with van der Waals surface area (Å²) in [4.78, 5) is 43.6. The highest BCUT2D eigenvalue weighted by atomic mass is 32.3. The first-order valence-electron chi connectivity index (χ1n) is 8.96. The van der Waals surface area contributed by atoms with Crippen LogP contribution >= 0.6 is 47.0 Å². The van der Waals surface area contributed by atoms with Crippen molar-refractivity contribution in [3.05, 3.63) is 88.6 Å². The van der Waals surface area contributed by atoms with E-state index in [1.54, 1.807) is 0 Å². The Kier molecular flexibility index (Phi) is 6.32. The molecule has 0 saturated heterocycles. The first kappa shape index (κ1) is 24.1. The zero-order valence-corrected chi connectivity index (χ0v) is 20.3. The summed E-state index contributed by atoms with van der Waals surface area (Å²) >= 11 is 5.53. The highest BCUT2D eigenvalue weighted by molar-refractivity contribution is 8.40. The molecule has 0 amide bonds. The minimum absolute atomic E-state index is 0.0531. The lowest BCUT2D eigenvalue weighted by molar-refractivity contribution is -0.395. The number of fused-ring (bicyclic) bond motifs is 3. The van der Waals surface area contributed by atoms with Crippen LogP contribution in [0.4, 0.5) is 22.7 Å². The average Bonchev–Trinajstić information content (AvgIpc) is 3.35. The molecule has 174 valence electrons. The van der Waals surface area contributed by atoms with Crippen molar-refractivity contribution in [1.82, 2.24) is 0 Å². The van der Waals surface area contributed by atoms with Crippen LogP contribution in [-0.2, 0) is 0 Å². The smallest absolute Gasteiger partial charge is 0.258 e. The number of rotatable bonds is 6. The maximum absolute atomic E-state index is 11.9. The van der Waals surface area contributed by atoms with Gasteiger partial charge < -0.3 is 0 Å². The highest BCUT2D eigenvalue weighted by Crippen LogP contribution is 2.63. The Morgan fingerprint density at radius 3 is 1.32 bits per heavy atom. The predicted molar refractivity (Wildman–Crippen MR) is 134 cm³/mol. The van der Waals surface area contributed by atoms with E-state index in [1.165, 1.54) is 47.0 Å². The quantitative estimate of drug-likeness (QED) is 0.252. The zero-order chi connectivity index (χ0) is 24.9. The SMILES string of the molecule is CSC1=C(SC)SC(=C2c3cc([N+](=O)[O-])cc([N+](=O)[O-])c3-c3c2cc([N+](=O)[O-])cc3[N+](=O)[O-])S1. The van der Waals surface area contributed by atoms with Crippen molar-refractivity contribution in [2.75, 3.05) is 12.5 Å². The lowest BCUT2D eigenvalue weighted by Crippen LogP contribution is -1.99. The molecular formula is C18H10N4O8S4. The molecule has 16 heteroatoms. The number of thioether (sulfide) groups is 4. The minimum atomic E-state index is -0.845. The molecule has 2 aromatic carbocycles. The van der Waals surface area contributed by atoms with Gasteiger partial charge in [-0.1, -0.05) is 23.5 Å². The molecule has 1 heterocycles. The first-order valence-corrected chi connectivity index (χ1v) is 13.0. The monoisotopic (exact) mass is 538 g/mol. The molecule has 2 aliphatic rings. The van der Waals surface area contributed by atoms with Gasteiger partial charge in [0.15, 0.2) is 0 Å². The van der Waals surface area contributed by atoms with Crippen LogP contribution in [0.2, 0.25) is 0 Å². The summed E-state index contributed by atoms with van der Waals surface area (Å²) in [7, 11) is 0. The Labute approximate surface area is 206 Å². The summed E-state index contributed by atoms with van der Waals surface area (Å²) in [6.07, 6.45) is 3.71. The topological polar surface area (TPSA) is 173 Å². The molecule has 0 fully saturated rings. The van der Waals surface area contributed by atoms with Gasteiger partial charge in [0.2, 0.25) is 0 Å².